The summed E-state index contributed by atoms with van der Waals surface area (Å²) in [5.41, 5.74) is 5.12. The monoisotopic (exact) mass is 160 g/mol. The van der Waals surface area contributed by atoms with Crippen LogP contribution < -0.4 is 5.73 Å². The van der Waals surface area contributed by atoms with Crippen molar-refractivity contribution in [3.8, 4) is 0 Å². The summed E-state index contributed by atoms with van der Waals surface area (Å²) in [6.45, 7) is 6.97. The molecule has 0 aromatic heterocycles. The number of hydrogen-bond acceptors (Lipinski definition) is 1. The summed E-state index contributed by atoms with van der Waals surface area (Å²) in [7, 11) is 0. The second-order valence-electron chi connectivity index (χ2n) is 1.05. The van der Waals surface area contributed by atoms with Gasteiger partial charge in [-0.3, -0.25) is 0 Å². The summed E-state index contributed by atoms with van der Waals surface area (Å²) in [4.78, 5) is 0. The van der Waals surface area contributed by atoms with Gasteiger partial charge in [-0.1, -0.05) is 0 Å². The van der Waals surface area contributed by atoms with Gasteiger partial charge in [-0.2, -0.15) is 12.5 Å². The van der Waals surface area contributed by atoms with Crippen LogP contribution in [0.15, 0.2) is 0 Å². The van der Waals surface area contributed by atoms with Gasteiger partial charge in [-0.05, 0) is 0 Å². The van der Waals surface area contributed by atoms with E-state index >= 15 is 0 Å². The van der Waals surface area contributed by atoms with Gasteiger partial charge in [0.25, 0.3) is 0 Å². The Balaban J connectivity index is 0. The third kappa shape index (κ3) is 8.91. The summed E-state index contributed by atoms with van der Waals surface area (Å²) in [5.74, 6) is 0. The molecule has 1 unspecified atom stereocenters. The molecule has 0 fully saturated rings. The van der Waals surface area contributed by atoms with Crippen molar-refractivity contribution in [3.63, 3.8) is 0 Å². The standard InChI is InChI=1S/C4H9N.Y/c1-3-4(2)5;/h4H,1-3,5H2;/q-2;. The quantitative estimate of drug-likeness (QED) is 0.551. The van der Waals surface area contributed by atoms with Crippen molar-refractivity contribution in [2.75, 3.05) is 0 Å². The van der Waals surface area contributed by atoms with Crippen LogP contribution in [0, 0.1) is 13.8 Å². The predicted molar refractivity (Wildman–Crippen MR) is 23.3 cm³/mol. The Bertz CT molecular complexity index is 21.5. The summed E-state index contributed by atoms with van der Waals surface area (Å²) in [6.07, 6.45) is 0.722. The minimum absolute atomic E-state index is 0. The smallest absolute Gasteiger partial charge is 0 e. The van der Waals surface area contributed by atoms with Crippen LogP contribution in [0.25, 0.3) is 0 Å². The van der Waals surface area contributed by atoms with Crippen LogP contribution >= 0.6 is 0 Å². The molecule has 2 heteroatoms. The molecular formula is C4H9NY-2. The molecule has 35 valence electrons. The maximum absolute atomic E-state index is 5.12. The fraction of sp³-hybridized carbons (Fsp3) is 0.500. The number of hydrogen-bond donors (Lipinski definition) is 1. The van der Waals surface area contributed by atoms with Gasteiger partial charge in [0.2, 0.25) is 0 Å². The summed E-state index contributed by atoms with van der Waals surface area (Å²) in [5, 5.41) is 0. The maximum Gasteiger partial charge on any atom is 0 e. The summed E-state index contributed by atoms with van der Waals surface area (Å²) < 4.78 is 0. The fourth-order valence-corrected chi connectivity index (χ4v) is 0. The van der Waals surface area contributed by atoms with Crippen molar-refractivity contribution >= 4 is 0 Å². The Kier molecular flexibility index (Phi) is 10.2. The molecule has 0 amide bonds. The molecular weight excluding hydrogens is 151 g/mol. The van der Waals surface area contributed by atoms with Gasteiger partial charge >= 0.3 is 0 Å². The molecule has 0 saturated heterocycles. The van der Waals surface area contributed by atoms with E-state index in [1.165, 1.54) is 0 Å². The topological polar surface area (TPSA) is 26.0 Å². The van der Waals surface area contributed by atoms with Gasteiger partial charge in [0.15, 0.2) is 0 Å². The Morgan fingerprint density at radius 2 is 1.83 bits per heavy atom. The zero-order chi connectivity index (χ0) is 4.28. The molecule has 0 rings (SSSR count). The van der Waals surface area contributed by atoms with Crippen molar-refractivity contribution in [2.45, 2.75) is 12.5 Å². The number of nitrogens with two attached hydrogens (primary N) is 1. The Labute approximate surface area is 64.6 Å². The molecule has 1 atom stereocenters. The molecule has 2 N–H and O–H groups in total. The van der Waals surface area contributed by atoms with Crippen LogP contribution in [0.5, 0.6) is 0 Å². The average molecular weight is 160 g/mol. The molecule has 0 aliphatic carbocycles. The van der Waals surface area contributed by atoms with Gasteiger partial charge < -0.3 is 19.6 Å². The average Bonchev–Trinajstić information content (AvgIpc) is 1.38. The molecule has 0 bridgehead atoms. The molecule has 6 heavy (non-hydrogen) atoms. The predicted octanol–water partition coefficient (Wildman–Crippen LogP) is 0.369. The van der Waals surface area contributed by atoms with Gasteiger partial charge in [0.05, 0.1) is 0 Å². The minimum atomic E-state index is 0. The van der Waals surface area contributed by atoms with Crippen molar-refractivity contribution in [1.29, 1.82) is 0 Å². The largest absolute Gasteiger partial charge is 0.359 e. The van der Waals surface area contributed by atoms with Crippen molar-refractivity contribution < 1.29 is 32.7 Å². The summed E-state index contributed by atoms with van der Waals surface area (Å²) >= 11 is 0. The Morgan fingerprint density at radius 1 is 1.67 bits per heavy atom. The van der Waals surface area contributed by atoms with Crippen LogP contribution in [0.4, 0.5) is 0 Å². The molecule has 0 heterocycles. The van der Waals surface area contributed by atoms with E-state index in [1.54, 1.807) is 0 Å². The third-order valence-electron chi connectivity index (χ3n) is 0.371. The minimum Gasteiger partial charge on any atom is -0.359 e. The first kappa shape index (κ1) is 10.1. The first-order valence-electron chi connectivity index (χ1n) is 1.65. The van der Waals surface area contributed by atoms with Crippen LogP contribution in [0.2, 0.25) is 0 Å². The van der Waals surface area contributed by atoms with Crippen molar-refractivity contribution in [1.82, 2.24) is 0 Å². The van der Waals surface area contributed by atoms with Crippen LogP contribution in [0.1, 0.15) is 6.42 Å². The normalized spacial score (nSPS) is 12.5. The molecule has 0 saturated carbocycles. The van der Waals surface area contributed by atoms with Crippen molar-refractivity contribution in [3.05, 3.63) is 13.8 Å². The van der Waals surface area contributed by atoms with Gasteiger partial charge in [0, 0.05) is 32.7 Å². The summed E-state index contributed by atoms with van der Waals surface area (Å²) in [6, 6.07) is 0.0231. The SMILES string of the molecule is [CH2-]CC([CH2-])N.[Y]. The van der Waals surface area contributed by atoms with E-state index in [2.05, 4.69) is 13.8 Å². The first-order valence-corrected chi connectivity index (χ1v) is 1.65. The third-order valence-corrected chi connectivity index (χ3v) is 0.371. The zero-order valence-electron chi connectivity index (χ0n) is 3.85. The molecule has 0 aromatic rings. The Hall–Kier alpha value is 1.06. The van der Waals surface area contributed by atoms with E-state index in [9.17, 15) is 0 Å². The molecule has 1 radical (unpaired) electrons. The van der Waals surface area contributed by atoms with E-state index in [0.29, 0.717) is 0 Å². The van der Waals surface area contributed by atoms with Crippen LogP contribution in [0.3, 0.4) is 0 Å². The van der Waals surface area contributed by atoms with Crippen LogP contribution in [-0.2, 0) is 32.7 Å². The van der Waals surface area contributed by atoms with Gasteiger partial charge in [-0.15, -0.1) is 0 Å². The molecule has 0 spiro atoms. The first-order chi connectivity index (χ1) is 2.27. The molecule has 0 aliphatic rings. The van der Waals surface area contributed by atoms with Gasteiger partial charge in [-0.25, -0.2) is 0 Å². The number of rotatable bonds is 1. The zero-order valence-corrected chi connectivity index (χ0v) is 6.69. The second kappa shape index (κ2) is 6.06. The molecule has 0 aliphatic heterocycles. The second-order valence-corrected chi connectivity index (χ2v) is 1.05. The van der Waals surface area contributed by atoms with Crippen molar-refractivity contribution in [2.24, 2.45) is 5.73 Å². The van der Waals surface area contributed by atoms with Gasteiger partial charge in [0.1, 0.15) is 0 Å². The van der Waals surface area contributed by atoms with E-state index in [4.69, 9.17) is 5.73 Å². The van der Waals surface area contributed by atoms with E-state index < -0.39 is 0 Å². The van der Waals surface area contributed by atoms with E-state index in [0.717, 1.165) is 6.42 Å². The molecule has 1 nitrogen and oxygen atoms in total. The fourth-order valence-electron chi connectivity index (χ4n) is 0. The van der Waals surface area contributed by atoms with E-state index in [-0.39, 0.29) is 38.8 Å². The van der Waals surface area contributed by atoms with Crippen LogP contribution in [-0.4, -0.2) is 6.04 Å². The molecule has 0 aromatic carbocycles. The Morgan fingerprint density at radius 3 is 1.83 bits per heavy atom. The maximum atomic E-state index is 5.12. The van der Waals surface area contributed by atoms with E-state index in [1.807, 2.05) is 0 Å².